The van der Waals surface area contributed by atoms with Crippen molar-refractivity contribution in [3.8, 4) is 0 Å². The minimum absolute atomic E-state index is 0.123. The summed E-state index contributed by atoms with van der Waals surface area (Å²) in [6.45, 7) is 5.45. The molecule has 2 N–H and O–H groups in total. The molecule has 0 aliphatic carbocycles. The molecule has 18 heavy (non-hydrogen) atoms. The first kappa shape index (κ1) is 16.4. The first-order valence-corrected chi connectivity index (χ1v) is 6.35. The smallest absolute Gasteiger partial charge is 0.335 e. The van der Waals surface area contributed by atoms with E-state index >= 15 is 0 Å². The number of hydrogen-bond donors (Lipinski definition) is 2. The van der Waals surface area contributed by atoms with E-state index in [0.717, 1.165) is 25.3 Å². The molecule has 0 rings (SSSR count). The fraction of sp³-hybridized carbons (Fsp3) is 0.571. The van der Waals surface area contributed by atoms with Crippen molar-refractivity contribution in [1.82, 2.24) is 0 Å². The van der Waals surface area contributed by atoms with Crippen molar-refractivity contribution < 1.29 is 19.8 Å². The lowest BCUT2D eigenvalue weighted by Gasteiger charge is -2.03. The van der Waals surface area contributed by atoms with Crippen molar-refractivity contribution >= 4 is 11.9 Å². The standard InChI is InChI=1S/C14H22O4/c1-3-4-5-6-7-8-9-12(14(17)18)10-11(2)13(15)16/h10H,2-9H2,1H3,(H,15,16)(H,17,18). The molecule has 0 aromatic carbocycles. The Bertz CT molecular complexity index is 329. The van der Waals surface area contributed by atoms with Gasteiger partial charge in [0.2, 0.25) is 0 Å². The molecule has 4 heteroatoms. The average molecular weight is 254 g/mol. The van der Waals surface area contributed by atoms with Gasteiger partial charge in [-0.3, -0.25) is 0 Å². The van der Waals surface area contributed by atoms with Gasteiger partial charge < -0.3 is 10.2 Å². The van der Waals surface area contributed by atoms with Gasteiger partial charge in [0.25, 0.3) is 0 Å². The maximum atomic E-state index is 10.9. The van der Waals surface area contributed by atoms with Crippen LogP contribution in [-0.2, 0) is 9.59 Å². The van der Waals surface area contributed by atoms with E-state index in [4.69, 9.17) is 10.2 Å². The molecule has 0 atom stereocenters. The average Bonchev–Trinajstić information content (AvgIpc) is 2.31. The van der Waals surface area contributed by atoms with Gasteiger partial charge in [-0.05, 0) is 18.9 Å². The van der Waals surface area contributed by atoms with Gasteiger partial charge in [0.1, 0.15) is 0 Å². The highest BCUT2D eigenvalue weighted by Crippen LogP contribution is 2.13. The molecule has 0 unspecified atom stereocenters. The zero-order valence-electron chi connectivity index (χ0n) is 10.9. The Hall–Kier alpha value is -1.58. The van der Waals surface area contributed by atoms with E-state index in [1.165, 1.54) is 19.3 Å². The first-order valence-electron chi connectivity index (χ1n) is 6.35. The number of aliphatic carboxylic acids is 2. The fourth-order valence-corrected chi connectivity index (χ4v) is 1.61. The molecule has 4 nitrogen and oxygen atoms in total. The number of unbranched alkanes of at least 4 members (excludes halogenated alkanes) is 5. The van der Waals surface area contributed by atoms with Crippen molar-refractivity contribution in [2.75, 3.05) is 0 Å². The molecular weight excluding hydrogens is 232 g/mol. The number of carboxylic acid groups (broad SMARTS) is 2. The SMILES string of the molecule is C=C(C=C(CCCCCCCC)C(=O)O)C(=O)O. The molecule has 0 bridgehead atoms. The molecule has 0 saturated heterocycles. The van der Waals surface area contributed by atoms with Crippen LogP contribution in [0.15, 0.2) is 23.8 Å². The van der Waals surface area contributed by atoms with Crippen LogP contribution in [0.25, 0.3) is 0 Å². The highest BCUT2D eigenvalue weighted by atomic mass is 16.4. The second-order valence-electron chi connectivity index (χ2n) is 4.32. The summed E-state index contributed by atoms with van der Waals surface area (Å²) in [6, 6.07) is 0. The van der Waals surface area contributed by atoms with Crippen molar-refractivity contribution in [3.63, 3.8) is 0 Å². The van der Waals surface area contributed by atoms with Crippen LogP contribution >= 0.6 is 0 Å². The molecule has 102 valence electrons. The number of hydrogen-bond acceptors (Lipinski definition) is 2. The number of rotatable bonds is 10. The molecule has 0 saturated carbocycles. The van der Waals surface area contributed by atoms with Gasteiger partial charge in [0.05, 0.1) is 5.57 Å². The third-order valence-electron chi connectivity index (χ3n) is 2.70. The molecule has 0 fully saturated rings. The first-order chi connectivity index (χ1) is 8.49. The Morgan fingerprint density at radius 2 is 1.56 bits per heavy atom. The van der Waals surface area contributed by atoms with Crippen LogP contribution < -0.4 is 0 Å². The predicted octanol–water partition coefficient (Wildman–Crippen LogP) is 3.39. The molecule has 0 aromatic rings. The molecule has 0 spiro atoms. The van der Waals surface area contributed by atoms with E-state index in [-0.39, 0.29) is 11.1 Å². The molecule has 0 aromatic heterocycles. The van der Waals surface area contributed by atoms with Gasteiger partial charge in [-0.15, -0.1) is 0 Å². The van der Waals surface area contributed by atoms with Gasteiger partial charge in [0, 0.05) is 5.57 Å². The van der Waals surface area contributed by atoms with Crippen LogP contribution in [0.4, 0.5) is 0 Å². The third-order valence-corrected chi connectivity index (χ3v) is 2.70. The van der Waals surface area contributed by atoms with Crippen LogP contribution in [0.3, 0.4) is 0 Å². The van der Waals surface area contributed by atoms with Crippen molar-refractivity contribution in [1.29, 1.82) is 0 Å². The number of carbonyl (C=O) groups is 2. The lowest BCUT2D eigenvalue weighted by atomic mass is 10.0. The second kappa shape index (κ2) is 9.45. The van der Waals surface area contributed by atoms with Crippen LogP contribution in [0.2, 0.25) is 0 Å². The highest BCUT2D eigenvalue weighted by molar-refractivity contribution is 5.94. The minimum Gasteiger partial charge on any atom is -0.478 e. The third kappa shape index (κ3) is 7.65. The maximum absolute atomic E-state index is 10.9. The summed E-state index contributed by atoms with van der Waals surface area (Å²) < 4.78 is 0. The van der Waals surface area contributed by atoms with E-state index in [9.17, 15) is 9.59 Å². The Labute approximate surface area is 108 Å². The topological polar surface area (TPSA) is 74.6 Å². The highest BCUT2D eigenvalue weighted by Gasteiger charge is 2.10. The van der Waals surface area contributed by atoms with Crippen LogP contribution in [0, 0.1) is 0 Å². The molecule has 0 aliphatic heterocycles. The lowest BCUT2D eigenvalue weighted by molar-refractivity contribution is -0.133. The monoisotopic (exact) mass is 254 g/mol. The summed E-state index contributed by atoms with van der Waals surface area (Å²) in [5, 5.41) is 17.6. The Kier molecular flexibility index (Phi) is 8.62. The summed E-state index contributed by atoms with van der Waals surface area (Å²) in [6.07, 6.45) is 7.95. The van der Waals surface area contributed by atoms with E-state index in [0.29, 0.717) is 6.42 Å². The van der Waals surface area contributed by atoms with Crippen molar-refractivity contribution in [3.05, 3.63) is 23.8 Å². The van der Waals surface area contributed by atoms with Crippen molar-refractivity contribution in [2.24, 2.45) is 0 Å². The second-order valence-corrected chi connectivity index (χ2v) is 4.32. The summed E-state index contributed by atoms with van der Waals surface area (Å²) in [5.74, 6) is -2.25. The molecule has 0 radical (unpaired) electrons. The van der Waals surface area contributed by atoms with Gasteiger partial charge in [-0.1, -0.05) is 45.6 Å². The molecule has 0 heterocycles. The zero-order valence-corrected chi connectivity index (χ0v) is 10.9. The van der Waals surface area contributed by atoms with E-state index in [1.54, 1.807) is 0 Å². The van der Waals surface area contributed by atoms with Crippen molar-refractivity contribution in [2.45, 2.75) is 51.9 Å². The summed E-state index contributed by atoms with van der Waals surface area (Å²) in [7, 11) is 0. The lowest BCUT2D eigenvalue weighted by Crippen LogP contribution is -2.04. The van der Waals surface area contributed by atoms with Crippen LogP contribution in [-0.4, -0.2) is 22.2 Å². The minimum atomic E-state index is -1.18. The normalized spacial score (nSPS) is 11.3. The Balaban J connectivity index is 4.10. The number of carboxylic acids is 2. The maximum Gasteiger partial charge on any atom is 0.335 e. The fourth-order valence-electron chi connectivity index (χ4n) is 1.61. The summed E-state index contributed by atoms with van der Waals surface area (Å²) in [5.41, 5.74) is -0.0590. The molecule has 0 aliphatic rings. The Morgan fingerprint density at radius 1 is 1.00 bits per heavy atom. The van der Waals surface area contributed by atoms with Gasteiger partial charge in [-0.25, -0.2) is 9.59 Å². The van der Waals surface area contributed by atoms with Gasteiger partial charge in [0.15, 0.2) is 0 Å². The van der Waals surface area contributed by atoms with Crippen LogP contribution in [0.1, 0.15) is 51.9 Å². The van der Waals surface area contributed by atoms with Crippen LogP contribution in [0.5, 0.6) is 0 Å². The Morgan fingerprint density at radius 3 is 2.06 bits per heavy atom. The van der Waals surface area contributed by atoms with E-state index in [2.05, 4.69) is 13.5 Å². The van der Waals surface area contributed by atoms with E-state index < -0.39 is 11.9 Å². The molecule has 0 amide bonds. The predicted molar refractivity (Wildman–Crippen MR) is 70.5 cm³/mol. The quantitative estimate of drug-likeness (QED) is 0.356. The summed E-state index contributed by atoms with van der Waals surface area (Å²) in [4.78, 5) is 21.5. The van der Waals surface area contributed by atoms with Gasteiger partial charge in [-0.2, -0.15) is 0 Å². The summed E-state index contributed by atoms with van der Waals surface area (Å²) >= 11 is 0. The molecular formula is C14H22O4. The largest absolute Gasteiger partial charge is 0.478 e. The van der Waals surface area contributed by atoms with E-state index in [1.807, 2.05) is 0 Å². The van der Waals surface area contributed by atoms with Gasteiger partial charge >= 0.3 is 11.9 Å². The zero-order chi connectivity index (χ0) is 14.0.